The molecule has 1 aromatic rings. The molecule has 3 N–H and O–H groups in total. The van der Waals surface area contributed by atoms with Gasteiger partial charge >= 0.3 is 0 Å². The van der Waals surface area contributed by atoms with Gasteiger partial charge in [-0.05, 0) is 38.2 Å². The van der Waals surface area contributed by atoms with Crippen LogP contribution in [0.5, 0.6) is 0 Å². The third-order valence-corrected chi connectivity index (χ3v) is 3.14. The molecule has 6 heteroatoms. The maximum atomic E-state index is 13.6. The third kappa shape index (κ3) is 4.45. The van der Waals surface area contributed by atoms with Crippen molar-refractivity contribution >= 4 is 11.6 Å². The van der Waals surface area contributed by atoms with Gasteiger partial charge in [-0.25, -0.2) is 8.78 Å². The van der Waals surface area contributed by atoms with Crippen LogP contribution in [0.3, 0.4) is 0 Å². The molecule has 0 radical (unpaired) electrons. The van der Waals surface area contributed by atoms with Crippen molar-refractivity contribution in [3.05, 3.63) is 29.3 Å². The van der Waals surface area contributed by atoms with Crippen molar-refractivity contribution in [2.75, 3.05) is 31.9 Å². The number of hydrogen-bond donors (Lipinski definition) is 2. The summed E-state index contributed by atoms with van der Waals surface area (Å²) in [5.74, 6) is -2.25. The molecule has 4 nitrogen and oxygen atoms in total. The summed E-state index contributed by atoms with van der Waals surface area (Å²) in [6.45, 7) is 7.27. The van der Waals surface area contributed by atoms with Gasteiger partial charge in [0.05, 0.1) is 11.3 Å². The molecule has 1 amide bonds. The number of rotatable bonds is 7. The lowest BCUT2D eigenvalue weighted by atomic mass is 10.1. The second-order valence-corrected chi connectivity index (χ2v) is 4.49. The second kappa shape index (κ2) is 7.79. The molecule has 0 saturated carbocycles. The molecular weight excluding hydrogens is 264 g/mol. The van der Waals surface area contributed by atoms with Crippen LogP contribution in [0.2, 0.25) is 0 Å². The van der Waals surface area contributed by atoms with Crippen molar-refractivity contribution in [1.29, 1.82) is 0 Å². The summed E-state index contributed by atoms with van der Waals surface area (Å²) in [5.41, 5.74) is 4.57. The Morgan fingerprint density at radius 3 is 2.55 bits per heavy atom. The van der Waals surface area contributed by atoms with Crippen LogP contribution < -0.4 is 11.1 Å². The van der Waals surface area contributed by atoms with E-state index in [9.17, 15) is 13.6 Å². The number of amides is 1. The summed E-state index contributed by atoms with van der Waals surface area (Å²) in [4.78, 5) is 14.0. The molecule has 0 unspecified atom stereocenters. The van der Waals surface area contributed by atoms with Gasteiger partial charge in [-0.15, -0.1) is 0 Å². The Balaban J connectivity index is 2.52. The van der Waals surface area contributed by atoms with Gasteiger partial charge in [-0.2, -0.15) is 0 Å². The van der Waals surface area contributed by atoms with Crippen molar-refractivity contribution in [3.8, 4) is 0 Å². The lowest BCUT2D eigenvalue weighted by Crippen LogP contribution is -2.30. The zero-order valence-electron chi connectivity index (χ0n) is 11.9. The van der Waals surface area contributed by atoms with Crippen molar-refractivity contribution in [2.24, 2.45) is 0 Å². The number of carbonyl (C=O) groups excluding carboxylic acids is 1. The largest absolute Gasteiger partial charge is 0.396 e. The molecule has 0 aliphatic rings. The fourth-order valence-electron chi connectivity index (χ4n) is 1.92. The molecule has 0 atom stereocenters. The van der Waals surface area contributed by atoms with Gasteiger partial charge < -0.3 is 16.0 Å². The SMILES string of the molecule is CCN(CC)CCCNC(=O)c1cc(F)cc(N)c1F. The zero-order valence-corrected chi connectivity index (χ0v) is 11.9. The molecule has 0 aliphatic carbocycles. The van der Waals surface area contributed by atoms with Crippen LogP contribution >= 0.6 is 0 Å². The molecule has 0 spiro atoms. The molecule has 1 aromatic carbocycles. The van der Waals surface area contributed by atoms with E-state index in [2.05, 4.69) is 24.1 Å². The smallest absolute Gasteiger partial charge is 0.254 e. The van der Waals surface area contributed by atoms with Crippen LogP contribution in [0.4, 0.5) is 14.5 Å². The standard InChI is InChI=1S/C14H21F2N3O/c1-3-19(4-2)7-5-6-18-14(20)11-8-10(15)9-12(17)13(11)16/h8-9H,3-7,17H2,1-2H3,(H,18,20). The van der Waals surface area contributed by atoms with Crippen LogP contribution in [-0.2, 0) is 0 Å². The predicted molar refractivity (Wildman–Crippen MR) is 75.5 cm³/mol. The Morgan fingerprint density at radius 2 is 1.95 bits per heavy atom. The quantitative estimate of drug-likeness (QED) is 0.595. The molecule has 0 aromatic heterocycles. The van der Waals surface area contributed by atoms with Gasteiger partial charge in [0.2, 0.25) is 0 Å². The molecule has 0 bridgehead atoms. The van der Waals surface area contributed by atoms with Crippen molar-refractivity contribution in [1.82, 2.24) is 10.2 Å². The lowest BCUT2D eigenvalue weighted by Gasteiger charge is -2.17. The number of nitrogen functional groups attached to an aromatic ring is 1. The fourth-order valence-corrected chi connectivity index (χ4v) is 1.92. The van der Waals surface area contributed by atoms with Gasteiger partial charge in [0, 0.05) is 6.54 Å². The Kier molecular flexibility index (Phi) is 6.38. The summed E-state index contributed by atoms with van der Waals surface area (Å²) in [6, 6.07) is 1.71. The number of anilines is 1. The Labute approximate surface area is 117 Å². The highest BCUT2D eigenvalue weighted by molar-refractivity contribution is 5.95. The zero-order chi connectivity index (χ0) is 15.1. The van der Waals surface area contributed by atoms with Crippen molar-refractivity contribution in [2.45, 2.75) is 20.3 Å². The molecule has 112 valence electrons. The van der Waals surface area contributed by atoms with E-state index >= 15 is 0 Å². The topological polar surface area (TPSA) is 58.4 Å². The van der Waals surface area contributed by atoms with E-state index < -0.39 is 17.5 Å². The Bertz CT molecular complexity index is 462. The molecule has 0 heterocycles. The molecule has 20 heavy (non-hydrogen) atoms. The molecule has 0 fully saturated rings. The van der Waals surface area contributed by atoms with E-state index in [1.54, 1.807) is 0 Å². The number of benzene rings is 1. The minimum absolute atomic E-state index is 0.356. The van der Waals surface area contributed by atoms with Gasteiger partial charge in [0.15, 0.2) is 5.82 Å². The monoisotopic (exact) mass is 285 g/mol. The number of halogens is 2. The van der Waals surface area contributed by atoms with Gasteiger partial charge in [0.25, 0.3) is 5.91 Å². The number of hydrogen-bond acceptors (Lipinski definition) is 3. The van der Waals surface area contributed by atoms with E-state index in [0.717, 1.165) is 38.2 Å². The van der Waals surface area contributed by atoms with Gasteiger partial charge in [0.1, 0.15) is 5.82 Å². The average molecular weight is 285 g/mol. The maximum absolute atomic E-state index is 13.6. The van der Waals surface area contributed by atoms with E-state index in [1.807, 2.05) is 0 Å². The Hall–Kier alpha value is -1.69. The number of carbonyl (C=O) groups is 1. The number of nitrogens with two attached hydrogens (primary N) is 1. The molecule has 0 saturated heterocycles. The predicted octanol–water partition coefficient (Wildman–Crippen LogP) is 2.01. The second-order valence-electron chi connectivity index (χ2n) is 4.49. The van der Waals surface area contributed by atoms with Gasteiger partial charge in [-0.1, -0.05) is 13.8 Å². The van der Waals surface area contributed by atoms with Crippen LogP contribution in [0.25, 0.3) is 0 Å². The maximum Gasteiger partial charge on any atom is 0.254 e. The van der Waals surface area contributed by atoms with E-state index in [-0.39, 0.29) is 11.3 Å². The fraction of sp³-hybridized carbons (Fsp3) is 0.500. The molecule has 1 rings (SSSR count). The highest BCUT2D eigenvalue weighted by atomic mass is 19.1. The normalized spacial score (nSPS) is 10.8. The summed E-state index contributed by atoms with van der Waals surface area (Å²) >= 11 is 0. The Morgan fingerprint density at radius 1 is 1.30 bits per heavy atom. The number of nitrogens with zero attached hydrogens (tertiary/aromatic N) is 1. The summed E-state index contributed by atoms with van der Waals surface area (Å²) < 4.78 is 26.7. The minimum atomic E-state index is -0.882. The number of nitrogens with one attached hydrogen (secondary N) is 1. The van der Waals surface area contributed by atoms with Crippen LogP contribution in [0.15, 0.2) is 12.1 Å². The van der Waals surface area contributed by atoms with E-state index in [4.69, 9.17) is 5.73 Å². The lowest BCUT2D eigenvalue weighted by molar-refractivity contribution is 0.0947. The highest BCUT2D eigenvalue weighted by Gasteiger charge is 2.15. The first-order chi connectivity index (χ1) is 9.49. The van der Waals surface area contributed by atoms with E-state index in [1.165, 1.54) is 0 Å². The van der Waals surface area contributed by atoms with Crippen LogP contribution in [-0.4, -0.2) is 37.0 Å². The van der Waals surface area contributed by atoms with Crippen molar-refractivity contribution in [3.63, 3.8) is 0 Å². The van der Waals surface area contributed by atoms with Crippen LogP contribution in [0.1, 0.15) is 30.6 Å². The summed E-state index contributed by atoms with van der Waals surface area (Å²) in [6.07, 6.45) is 0.750. The summed E-state index contributed by atoms with van der Waals surface area (Å²) in [7, 11) is 0. The summed E-state index contributed by atoms with van der Waals surface area (Å²) in [5, 5.41) is 2.57. The average Bonchev–Trinajstić information content (AvgIpc) is 2.42. The molecular formula is C14H21F2N3O. The third-order valence-electron chi connectivity index (χ3n) is 3.14. The minimum Gasteiger partial charge on any atom is -0.396 e. The van der Waals surface area contributed by atoms with Crippen LogP contribution in [0, 0.1) is 11.6 Å². The molecule has 0 aliphatic heterocycles. The first kappa shape index (κ1) is 16.4. The van der Waals surface area contributed by atoms with E-state index in [0.29, 0.717) is 6.54 Å². The highest BCUT2D eigenvalue weighted by Crippen LogP contribution is 2.17. The first-order valence-electron chi connectivity index (χ1n) is 6.74. The van der Waals surface area contributed by atoms with Crippen molar-refractivity contribution < 1.29 is 13.6 Å². The first-order valence-corrected chi connectivity index (χ1v) is 6.74. The van der Waals surface area contributed by atoms with Gasteiger partial charge in [-0.3, -0.25) is 4.79 Å².